The maximum Gasteiger partial charge on any atom is 0.244 e. The van der Waals surface area contributed by atoms with Crippen molar-refractivity contribution in [1.82, 2.24) is 10.2 Å². The van der Waals surface area contributed by atoms with Crippen LogP contribution in [0.15, 0.2) is 12.2 Å². The summed E-state index contributed by atoms with van der Waals surface area (Å²) in [7, 11) is 0. The maximum absolute atomic E-state index is 11.4. The van der Waals surface area contributed by atoms with Crippen molar-refractivity contribution >= 4 is 23.4 Å². The van der Waals surface area contributed by atoms with Gasteiger partial charge in [-0.25, -0.2) is 0 Å². The molecule has 0 aromatic rings. The van der Waals surface area contributed by atoms with Crippen LogP contribution in [0.3, 0.4) is 0 Å². The third kappa shape index (κ3) is 7.15. The van der Waals surface area contributed by atoms with Gasteiger partial charge in [0.05, 0.1) is 0 Å². The van der Waals surface area contributed by atoms with Crippen molar-refractivity contribution in [3.63, 3.8) is 0 Å². The summed E-state index contributed by atoms with van der Waals surface area (Å²) in [6.45, 7) is 3.43. The second-order valence-electron chi connectivity index (χ2n) is 5.44. The molecule has 6 heteroatoms. The van der Waals surface area contributed by atoms with Crippen LogP contribution < -0.4 is 5.32 Å². The quantitative estimate of drug-likeness (QED) is 0.371. The number of hydrogen-bond acceptors (Lipinski definition) is 4. The van der Waals surface area contributed by atoms with Crippen LogP contribution in [0.1, 0.15) is 45.4 Å². The maximum atomic E-state index is 11.4. The lowest BCUT2D eigenvalue weighted by Gasteiger charge is -2.14. The SMILES string of the molecule is CC(=O)C(=O)/C=C\C(=O)NCCCCCCN1CCCC1=O. The third-order valence-electron chi connectivity index (χ3n) is 3.56. The van der Waals surface area contributed by atoms with Crippen LogP contribution in [0.5, 0.6) is 0 Å². The van der Waals surface area contributed by atoms with Crippen molar-refractivity contribution in [2.24, 2.45) is 0 Å². The number of likely N-dealkylation sites (tertiary alicyclic amines) is 1. The molecule has 1 saturated heterocycles. The molecule has 122 valence electrons. The number of carbonyl (C=O) groups excluding carboxylic acids is 4. The van der Waals surface area contributed by atoms with Gasteiger partial charge in [-0.05, 0) is 25.3 Å². The molecule has 0 radical (unpaired) electrons. The van der Waals surface area contributed by atoms with E-state index in [0.717, 1.165) is 57.3 Å². The lowest BCUT2D eigenvalue weighted by molar-refractivity contribution is -0.132. The zero-order valence-corrected chi connectivity index (χ0v) is 13.1. The number of rotatable bonds is 10. The molecule has 1 N–H and O–H groups in total. The second-order valence-corrected chi connectivity index (χ2v) is 5.44. The monoisotopic (exact) mass is 308 g/mol. The molecule has 0 aromatic heterocycles. The highest BCUT2D eigenvalue weighted by molar-refractivity contribution is 6.41. The standard InChI is InChI=1S/C16H24N2O4/c1-13(19)14(20)8-9-15(21)17-10-4-2-3-5-11-18-12-6-7-16(18)22/h8-9H,2-7,10-12H2,1H3,(H,17,21)/b9-8-. The highest BCUT2D eigenvalue weighted by Gasteiger charge is 2.18. The summed E-state index contributed by atoms with van der Waals surface area (Å²) in [5.74, 6) is -1.36. The van der Waals surface area contributed by atoms with E-state index in [1.54, 1.807) is 0 Å². The van der Waals surface area contributed by atoms with E-state index >= 15 is 0 Å². The number of ketones is 2. The first-order valence-corrected chi connectivity index (χ1v) is 7.79. The van der Waals surface area contributed by atoms with E-state index in [1.165, 1.54) is 6.92 Å². The van der Waals surface area contributed by atoms with Crippen molar-refractivity contribution < 1.29 is 19.2 Å². The molecule has 1 fully saturated rings. The summed E-state index contributed by atoms with van der Waals surface area (Å²) in [6.07, 6.45) is 7.60. The summed E-state index contributed by atoms with van der Waals surface area (Å²) in [5.41, 5.74) is 0. The highest BCUT2D eigenvalue weighted by Crippen LogP contribution is 2.11. The molecule has 0 saturated carbocycles. The topological polar surface area (TPSA) is 83.6 Å². The zero-order valence-electron chi connectivity index (χ0n) is 13.1. The van der Waals surface area contributed by atoms with Crippen molar-refractivity contribution in [3.8, 4) is 0 Å². The largest absolute Gasteiger partial charge is 0.353 e. The first kappa shape index (κ1) is 18.1. The summed E-state index contributed by atoms with van der Waals surface area (Å²) in [4.78, 5) is 46.3. The molecule has 0 aromatic carbocycles. The molecule has 1 heterocycles. The van der Waals surface area contributed by atoms with Gasteiger partial charge in [-0.1, -0.05) is 12.8 Å². The Bertz CT molecular complexity index is 457. The first-order chi connectivity index (χ1) is 10.5. The minimum Gasteiger partial charge on any atom is -0.353 e. The first-order valence-electron chi connectivity index (χ1n) is 7.79. The molecule has 0 aliphatic carbocycles. The molecule has 1 aliphatic heterocycles. The molecule has 0 atom stereocenters. The number of amides is 2. The number of nitrogens with one attached hydrogen (secondary N) is 1. The summed E-state index contributed by atoms with van der Waals surface area (Å²) < 4.78 is 0. The fourth-order valence-electron chi connectivity index (χ4n) is 2.26. The molecular weight excluding hydrogens is 284 g/mol. The van der Waals surface area contributed by atoms with Gasteiger partial charge in [0.2, 0.25) is 17.6 Å². The molecule has 1 aliphatic rings. The Morgan fingerprint density at radius 2 is 1.86 bits per heavy atom. The minimum atomic E-state index is -0.674. The Kier molecular flexibility index (Phi) is 8.10. The number of allylic oxidation sites excluding steroid dienone is 1. The Balaban J connectivity index is 1.98. The Morgan fingerprint density at radius 3 is 2.50 bits per heavy atom. The average molecular weight is 308 g/mol. The summed E-state index contributed by atoms with van der Waals surface area (Å²) in [6, 6.07) is 0. The fraction of sp³-hybridized carbons (Fsp3) is 0.625. The van der Waals surface area contributed by atoms with Crippen molar-refractivity contribution in [3.05, 3.63) is 12.2 Å². The van der Waals surface area contributed by atoms with Crippen LogP contribution in [0.25, 0.3) is 0 Å². The molecule has 2 amide bonds. The van der Waals surface area contributed by atoms with E-state index in [4.69, 9.17) is 0 Å². The zero-order chi connectivity index (χ0) is 16.4. The number of Topliss-reactive ketones (excluding diaryl/α,β-unsaturated/α-hetero) is 1. The van der Waals surface area contributed by atoms with Gasteiger partial charge in [0.15, 0.2) is 5.78 Å². The van der Waals surface area contributed by atoms with Crippen LogP contribution in [0.2, 0.25) is 0 Å². The van der Waals surface area contributed by atoms with Crippen LogP contribution in [0.4, 0.5) is 0 Å². The fourth-order valence-corrected chi connectivity index (χ4v) is 2.26. The lowest BCUT2D eigenvalue weighted by Crippen LogP contribution is -2.25. The van der Waals surface area contributed by atoms with Gasteiger partial charge in [-0.2, -0.15) is 0 Å². The summed E-state index contributed by atoms with van der Waals surface area (Å²) >= 11 is 0. The normalized spacial score (nSPS) is 14.6. The molecule has 22 heavy (non-hydrogen) atoms. The highest BCUT2D eigenvalue weighted by atomic mass is 16.2. The van der Waals surface area contributed by atoms with E-state index in [-0.39, 0.29) is 11.8 Å². The van der Waals surface area contributed by atoms with Gasteiger partial charge in [0.1, 0.15) is 0 Å². The lowest BCUT2D eigenvalue weighted by atomic mass is 10.2. The van der Waals surface area contributed by atoms with Crippen LogP contribution in [-0.4, -0.2) is 47.9 Å². The summed E-state index contributed by atoms with van der Waals surface area (Å²) in [5, 5.41) is 2.66. The van der Waals surface area contributed by atoms with Gasteiger partial charge in [0, 0.05) is 39.1 Å². The Hall–Kier alpha value is -1.98. The van der Waals surface area contributed by atoms with Crippen molar-refractivity contribution in [1.29, 1.82) is 0 Å². The number of carbonyl (C=O) groups is 4. The van der Waals surface area contributed by atoms with Crippen LogP contribution in [0, 0.1) is 0 Å². The van der Waals surface area contributed by atoms with E-state index in [0.29, 0.717) is 13.0 Å². The number of unbranched alkanes of at least 4 members (excludes halogenated alkanes) is 3. The molecule has 1 rings (SSSR count). The Morgan fingerprint density at radius 1 is 1.14 bits per heavy atom. The van der Waals surface area contributed by atoms with Crippen LogP contribution >= 0.6 is 0 Å². The number of nitrogens with zero attached hydrogens (tertiary/aromatic N) is 1. The van der Waals surface area contributed by atoms with Gasteiger partial charge in [0.25, 0.3) is 0 Å². The second kappa shape index (κ2) is 9.87. The minimum absolute atomic E-state index is 0.263. The van der Waals surface area contributed by atoms with E-state index in [9.17, 15) is 19.2 Å². The molecule has 6 nitrogen and oxygen atoms in total. The average Bonchev–Trinajstić information content (AvgIpc) is 2.89. The molecular formula is C16H24N2O4. The van der Waals surface area contributed by atoms with Crippen LogP contribution in [-0.2, 0) is 19.2 Å². The predicted molar refractivity (Wildman–Crippen MR) is 82.1 cm³/mol. The van der Waals surface area contributed by atoms with Gasteiger partial charge in [-0.15, -0.1) is 0 Å². The van der Waals surface area contributed by atoms with E-state index in [1.807, 2.05) is 4.90 Å². The van der Waals surface area contributed by atoms with Gasteiger partial charge >= 0.3 is 0 Å². The smallest absolute Gasteiger partial charge is 0.244 e. The molecule has 0 spiro atoms. The molecule has 0 unspecified atom stereocenters. The van der Waals surface area contributed by atoms with E-state index < -0.39 is 11.6 Å². The third-order valence-corrected chi connectivity index (χ3v) is 3.56. The van der Waals surface area contributed by atoms with Gasteiger partial charge in [-0.3, -0.25) is 19.2 Å². The Labute approximate surface area is 130 Å². The van der Waals surface area contributed by atoms with Crippen molar-refractivity contribution in [2.75, 3.05) is 19.6 Å². The predicted octanol–water partition coefficient (Wildman–Crippen LogP) is 1.000. The van der Waals surface area contributed by atoms with E-state index in [2.05, 4.69) is 5.32 Å². The van der Waals surface area contributed by atoms with Gasteiger partial charge < -0.3 is 10.2 Å². The number of hydrogen-bond donors (Lipinski definition) is 1. The molecule has 0 bridgehead atoms. The van der Waals surface area contributed by atoms with Crippen molar-refractivity contribution in [2.45, 2.75) is 45.4 Å².